The first-order chi connectivity index (χ1) is 11.0. The lowest BCUT2D eigenvalue weighted by atomic mass is 10.1. The zero-order valence-corrected chi connectivity index (χ0v) is 13.9. The van der Waals surface area contributed by atoms with E-state index in [1.54, 1.807) is 29.2 Å². The number of hydrogen-bond acceptors (Lipinski definition) is 4. The fourth-order valence-corrected chi connectivity index (χ4v) is 4.24. The second-order valence-electron chi connectivity index (χ2n) is 5.72. The Morgan fingerprint density at radius 2 is 1.96 bits per heavy atom. The minimum atomic E-state index is -3.50. The van der Waals surface area contributed by atoms with E-state index in [2.05, 4.69) is 5.32 Å². The maximum atomic E-state index is 12.5. The van der Waals surface area contributed by atoms with Gasteiger partial charge < -0.3 is 15.0 Å². The summed E-state index contributed by atoms with van der Waals surface area (Å²) in [6.45, 7) is 4.59. The van der Waals surface area contributed by atoms with Crippen LogP contribution in [-0.4, -0.2) is 62.5 Å². The summed E-state index contributed by atoms with van der Waals surface area (Å²) >= 11 is 0. The summed E-state index contributed by atoms with van der Waals surface area (Å²) in [6.07, 6.45) is 0.902. The molecule has 1 N–H and O–H groups in total. The molecule has 2 aliphatic heterocycles. The molecule has 0 aromatic heterocycles. The molecule has 2 fully saturated rings. The maximum absolute atomic E-state index is 12.5. The standard InChI is InChI=1S/C15H21N3O4S/c1-2-9-22-13-3-5-14(6-4-13)23(20,21)17-10-12(11-17)18-8-7-16-15(18)19/h3-6,12H,2,7-11H2,1H3,(H,16,19). The third-order valence-electron chi connectivity index (χ3n) is 4.09. The summed E-state index contributed by atoms with van der Waals surface area (Å²) in [5.41, 5.74) is 0. The predicted molar refractivity (Wildman–Crippen MR) is 84.9 cm³/mol. The van der Waals surface area contributed by atoms with Crippen molar-refractivity contribution in [2.24, 2.45) is 0 Å². The average molecular weight is 339 g/mol. The zero-order chi connectivity index (χ0) is 16.4. The number of benzene rings is 1. The van der Waals surface area contributed by atoms with E-state index in [-0.39, 0.29) is 17.0 Å². The van der Waals surface area contributed by atoms with Gasteiger partial charge in [0.1, 0.15) is 5.75 Å². The quantitative estimate of drug-likeness (QED) is 0.834. The molecule has 0 bridgehead atoms. The topological polar surface area (TPSA) is 79.0 Å². The van der Waals surface area contributed by atoms with Gasteiger partial charge in [-0.1, -0.05) is 6.92 Å². The number of sulfonamides is 1. The summed E-state index contributed by atoms with van der Waals surface area (Å²) in [5.74, 6) is 0.668. The van der Waals surface area contributed by atoms with Crippen LogP contribution in [0.3, 0.4) is 0 Å². The Hall–Kier alpha value is -1.80. The Labute approximate surface area is 136 Å². The van der Waals surface area contributed by atoms with E-state index >= 15 is 0 Å². The molecule has 8 heteroatoms. The highest BCUT2D eigenvalue weighted by Gasteiger charge is 2.42. The largest absolute Gasteiger partial charge is 0.494 e. The van der Waals surface area contributed by atoms with Gasteiger partial charge in [-0.25, -0.2) is 13.2 Å². The summed E-state index contributed by atoms with van der Waals surface area (Å²) in [5, 5.41) is 2.73. The fourth-order valence-electron chi connectivity index (χ4n) is 2.72. The van der Waals surface area contributed by atoms with Crippen molar-refractivity contribution >= 4 is 16.1 Å². The van der Waals surface area contributed by atoms with Crippen LogP contribution in [0.4, 0.5) is 4.79 Å². The molecule has 1 aromatic carbocycles. The van der Waals surface area contributed by atoms with E-state index in [9.17, 15) is 13.2 Å². The molecule has 0 atom stereocenters. The summed E-state index contributed by atoms with van der Waals surface area (Å²) in [7, 11) is -3.50. The molecule has 2 saturated heterocycles. The van der Waals surface area contributed by atoms with Gasteiger partial charge in [-0.2, -0.15) is 4.31 Å². The molecular weight excluding hydrogens is 318 g/mol. The molecule has 2 heterocycles. The Morgan fingerprint density at radius 3 is 2.52 bits per heavy atom. The lowest BCUT2D eigenvalue weighted by Crippen LogP contribution is -2.61. The van der Waals surface area contributed by atoms with Crippen molar-refractivity contribution in [1.29, 1.82) is 0 Å². The van der Waals surface area contributed by atoms with Gasteiger partial charge in [0, 0.05) is 26.2 Å². The first-order valence-corrected chi connectivity index (χ1v) is 9.24. The lowest BCUT2D eigenvalue weighted by molar-refractivity contribution is 0.124. The van der Waals surface area contributed by atoms with Crippen molar-refractivity contribution in [3.05, 3.63) is 24.3 Å². The molecule has 0 spiro atoms. The first-order valence-electron chi connectivity index (χ1n) is 7.80. The van der Waals surface area contributed by atoms with Crippen LogP contribution in [0.15, 0.2) is 29.2 Å². The van der Waals surface area contributed by atoms with E-state index < -0.39 is 10.0 Å². The number of carbonyl (C=O) groups excluding carboxylic acids is 1. The number of carbonyl (C=O) groups is 1. The number of urea groups is 1. The third-order valence-corrected chi connectivity index (χ3v) is 5.94. The number of hydrogen-bond donors (Lipinski definition) is 1. The number of ether oxygens (including phenoxy) is 1. The molecule has 7 nitrogen and oxygen atoms in total. The van der Waals surface area contributed by atoms with Gasteiger partial charge in [-0.05, 0) is 30.7 Å². The van der Waals surface area contributed by atoms with Crippen LogP contribution in [0.2, 0.25) is 0 Å². The van der Waals surface area contributed by atoms with Gasteiger partial charge in [-0.3, -0.25) is 0 Å². The van der Waals surface area contributed by atoms with Crippen molar-refractivity contribution in [3.63, 3.8) is 0 Å². The molecule has 2 amide bonds. The normalized spacial score (nSPS) is 19.5. The Morgan fingerprint density at radius 1 is 1.26 bits per heavy atom. The highest BCUT2D eigenvalue weighted by atomic mass is 32.2. The Bertz CT molecular complexity index is 668. The second kappa shape index (κ2) is 6.37. The van der Waals surface area contributed by atoms with Crippen molar-refractivity contribution in [3.8, 4) is 5.75 Å². The van der Waals surface area contributed by atoms with Gasteiger partial charge in [0.25, 0.3) is 0 Å². The summed E-state index contributed by atoms with van der Waals surface area (Å²) in [4.78, 5) is 13.5. The Balaban J connectivity index is 1.62. The molecule has 0 unspecified atom stereocenters. The highest BCUT2D eigenvalue weighted by molar-refractivity contribution is 7.89. The lowest BCUT2D eigenvalue weighted by Gasteiger charge is -2.42. The van der Waals surface area contributed by atoms with Crippen LogP contribution in [0.1, 0.15) is 13.3 Å². The van der Waals surface area contributed by atoms with E-state index in [1.807, 2.05) is 6.92 Å². The molecule has 0 radical (unpaired) electrons. The predicted octanol–water partition coefficient (Wildman–Crippen LogP) is 0.873. The van der Waals surface area contributed by atoms with E-state index in [0.717, 1.165) is 6.42 Å². The minimum absolute atomic E-state index is 0.0283. The van der Waals surface area contributed by atoms with Crippen LogP contribution < -0.4 is 10.1 Å². The molecule has 1 aromatic rings. The highest BCUT2D eigenvalue weighted by Crippen LogP contribution is 2.26. The molecule has 0 saturated carbocycles. The third kappa shape index (κ3) is 3.13. The summed E-state index contributed by atoms with van der Waals surface area (Å²) in [6, 6.07) is 6.34. The van der Waals surface area contributed by atoms with Gasteiger partial charge in [0.15, 0.2) is 0 Å². The van der Waals surface area contributed by atoms with Crippen molar-refractivity contribution in [2.45, 2.75) is 24.3 Å². The maximum Gasteiger partial charge on any atom is 0.317 e. The number of rotatable bonds is 6. The van der Waals surface area contributed by atoms with E-state index in [4.69, 9.17) is 4.74 Å². The van der Waals surface area contributed by atoms with Gasteiger partial charge >= 0.3 is 6.03 Å². The van der Waals surface area contributed by atoms with Crippen LogP contribution in [0.25, 0.3) is 0 Å². The molecular formula is C15H21N3O4S. The van der Waals surface area contributed by atoms with Crippen LogP contribution in [0.5, 0.6) is 5.75 Å². The molecule has 23 heavy (non-hydrogen) atoms. The second-order valence-corrected chi connectivity index (χ2v) is 7.66. The van der Waals surface area contributed by atoms with Crippen molar-refractivity contribution in [2.75, 3.05) is 32.8 Å². The van der Waals surface area contributed by atoms with Gasteiger partial charge in [0.05, 0.1) is 17.5 Å². The van der Waals surface area contributed by atoms with Crippen molar-refractivity contribution < 1.29 is 17.9 Å². The molecule has 2 aliphatic rings. The Kier molecular flexibility index (Phi) is 4.45. The summed E-state index contributed by atoms with van der Waals surface area (Å²) < 4.78 is 32.0. The first kappa shape index (κ1) is 16.1. The van der Waals surface area contributed by atoms with Crippen molar-refractivity contribution in [1.82, 2.24) is 14.5 Å². The SMILES string of the molecule is CCCOc1ccc(S(=O)(=O)N2CC(N3CCNC3=O)C2)cc1. The smallest absolute Gasteiger partial charge is 0.317 e. The molecule has 126 valence electrons. The minimum Gasteiger partial charge on any atom is -0.494 e. The van der Waals surface area contributed by atoms with Gasteiger partial charge in [-0.15, -0.1) is 0 Å². The number of amides is 2. The van der Waals surface area contributed by atoms with Crippen LogP contribution in [-0.2, 0) is 10.0 Å². The average Bonchev–Trinajstić information content (AvgIpc) is 2.90. The zero-order valence-electron chi connectivity index (χ0n) is 13.1. The van der Waals surface area contributed by atoms with Crippen LogP contribution in [0, 0.1) is 0 Å². The molecule has 3 rings (SSSR count). The van der Waals surface area contributed by atoms with Crippen LogP contribution >= 0.6 is 0 Å². The number of nitrogens with zero attached hydrogens (tertiary/aromatic N) is 2. The fraction of sp³-hybridized carbons (Fsp3) is 0.533. The molecule has 0 aliphatic carbocycles. The number of nitrogens with one attached hydrogen (secondary N) is 1. The van der Waals surface area contributed by atoms with E-state index in [0.29, 0.717) is 38.5 Å². The van der Waals surface area contributed by atoms with E-state index in [1.165, 1.54) is 4.31 Å². The monoisotopic (exact) mass is 339 g/mol. The van der Waals surface area contributed by atoms with Gasteiger partial charge in [0.2, 0.25) is 10.0 Å².